The summed E-state index contributed by atoms with van der Waals surface area (Å²) in [6.07, 6.45) is 2.29. The van der Waals surface area contributed by atoms with Crippen LogP contribution in [0.4, 0.5) is 4.39 Å². The number of hydrogen-bond donors (Lipinski definition) is 0. The minimum atomic E-state index is -0.390. The van der Waals surface area contributed by atoms with E-state index in [1.165, 1.54) is 6.07 Å². The summed E-state index contributed by atoms with van der Waals surface area (Å²) < 4.78 is 19.7. The number of aryl methyl sites for hydroxylation is 1. The van der Waals surface area contributed by atoms with E-state index in [9.17, 15) is 9.65 Å². The van der Waals surface area contributed by atoms with E-state index < -0.39 is 5.82 Å². The maximum atomic E-state index is 14.0. The quantitative estimate of drug-likeness (QED) is 0.447. The molecule has 3 aromatic carbocycles. The smallest absolute Gasteiger partial charge is 0.165 e. The number of benzene rings is 3. The Balaban J connectivity index is 1.61. The number of halogens is 2. The minimum absolute atomic E-state index is 0.178. The molecule has 3 aromatic rings. The zero-order valence-electron chi connectivity index (χ0n) is 14.7. The molecular formula is C23H19ClFNO. The molecule has 0 saturated carbocycles. The van der Waals surface area contributed by atoms with Gasteiger partial charge in [-0.2, -0.15) is 5.26 Å². The molecule has 27 heavy (non-hydrogen) atoms. The summed E-state index contributed by atoms with van der Waals surface area (Å²) in [5.74, 6) is 0.246. The Hall–Kier alpha value is -2.83. The van der Waals surface area contributed by atoms with E-state index in [4.69, 9.17) is 16.3 Å². The second kappa shape index (κ2) is 9.21. The van der Waals surface area contributed by atoms with Crippen LogP contribution in [-0.2, 0) is 6.42 Å². The van der Waals surface area contributed by atoms with Crippen LogP contribution in [0, 0.1) is 17.1 Å². The highest BCUT2D eigenvalue weighted by molar-refractivity contribution is 6.30. The summed E-state index contributed by atoms with van der Waals surface area (Å²) >= 11 is 5.90. The topological polar surface area (TPSA) is 33.0 Å². The molecule has 1 atom stereocenters. The molecule has 0 radical (unpaired) electrons. The van der Waals surface area contributed by atoms with Gasteiger partial charge in [0.2, 0.25) is 0 Å². The van der Waals surface area contributed by atoms with Crippen LogP contribution in [0.25, 0.3) is 0 Å². The second-order valence-electron chi connectivity index (χ2n) is 6.31. The third kappa shape index (κ3) is 5.32. The number of para-hydroxylation sites is 1. The maximum Gasteiger partial charge on any atom is 0.165 e. The van der Waals surface area contributed by atoms with Crippen molar-refractivity contribution < 1.29 is 9.13 Å². The van der Waals surface area contributed by atoms with Crippen molar-refractivity contribution in [2.45, 2.75) is 25.2 Å². The van der Waals surface area contributed by atoms with Crippen LogP contribution in [0.1, 0.15) is 29.9 Å². The molecule has 0 aliphatic heterocycles. The van der Waals surface area contributed by atoms with Gasteiger partial charge in [-0.3, -0.25) is 0 Å². The van der Waals surface area contributed by atoms with Gasteiger partial charge in [0, 0.05) is 5.02 Å². The van der Waals surface area contributed by atoms with Crippen LogP contribution in [0.5, 0.6) is 11.5 Å². The van der Waals surface area contributed by atoms with Crippen LogP contribution in [0.15, 0.2) is 72.8 Å². The van der Waals surface area contributed by atoms with Crippen LogP contribution >= 0.6 is 11.6 Å². The summed E-state index contributed by atoms with van der Waals surface area (Å²) in [6.45, 7) is 0. The van der Waals surface area contributed by atoms with Crippen molar-refractivity contribution >= 4 is 11.6 Å². The zero-order chi connectivity index (χ0) is 19.1. The molecule has 136 valence electrons. The number of nitrogens with zero attached hydrogens (tertiary/aromatic N) is 1. The molecule has 0 aliphatic carbocycles. The number of hydrogen-bond acceptors (Lipinski definition) is 2. The molecule has 0 aromatic heterocycles. The van der Waals surface area contributed by atoms with Crippen LogP contribution < -0.4 is 4.74 Å². The standard InChI is InChI=1S/C23H19ClFNO/c24-20-12-10-18(11-13-20)19(16-26)6-4-5-17-9-14-22(25)23(15-17)27-21-7-2-1-3-8-21/h1-3,7-15,19H,4-6H2. The second-order valence-corrected chi connectivity index (χ2v) is 6.74. The normalized spacial score (nSPS) is 11.6. The molecular weight excluding hydrogens is 361 g/mol. The van der Waals surface area contributed by atoms with Gasteiger partial charge < -0.3 is 4.74 Å². The lowest BCUT2D eigenvalue weighted by molar-refractivity contribution is 0.441. The van der Waals surface area contributed by atoms with Crippen molar-refractivity contribution in [3.63, 3.8) is 0 Å². The summed E-state index contributed by atoms with van der Waals surface area (Å²) in [4.78, 5) is 0. The van der Waals surface area contributed by atoms with Crippen molar-refractivity contribution in [2.24, 2.45) is 0 Å². The van der Waals surface area contributed by atoms with Crippen molar-refractivity contribution in [3.8, 4) is 17.6 Å². The summed E-state index contributed by atoms with van der Waals surface area (Å²) in [5, 5.41) is 10.1. The first-order valence-electron chi connectivity index (χ1n) is 8.82. The Labute approximate surface area is 163 Å². The number of ether oxygens (including phenoxy) is 1. The van der Waals surface area contributed by atoms with Gasteiger partial charge in [-0.15, -0.1) is 0 Å². The largest absolute Gasteiger partial charge is 0.454 e. The third-order valence-electron chi connectivity index (χ3n) is 4.35. The molecule has 0 amide bonds. The molecule has 0 N–H and O–H groups in total. The van der Waals surface area contributed by atoms with E-state index in [1.807, 2.05) is 30.3 Å². The predicted octanol–water partition coefficient (Wildman–Crippen LogP) is 6.90. The van der Waals surface area contributed by atoms with Gasteiger partial charge in [-0.25, -0.2) is 4.39 Å². The van der Waals surface area contributed by atoms with Crippen LogP contribution in [0.3, 0.4) is 0 Å². The monoisotopic (exact) mass is 379 g/mol. The fraction of sp³-hybridized carbons (Fsp3) is 0.174. The number of nitriles is 1. The SMILES string of the molecule is N#CC(CCCc1ccc(F)c(Oc2ccccc2)c1)c1ccc(Cl)cc1. The molecule has 4 heteroatoms. The zero-order valence-corrected chi connectivity index (χ0v) is 15.5. The van der Waals surface area contributed by atoms with E-state index in [2.05, 4.69) is 6.07 Å². The molecule has 0 bridgehead atoms. The van der Waals surface area contributed by atoms with Crippen molar-refractivity contribution in [2.75, 3.05) is 0 Å². The molecule has 0 saturated heterocycles. The van der Waals surface area contributed by atoms with Gasteiger partial charge in [0.05, 0.1) is 12.0 Å². The fourth-order valence-electron chi connectivity index (χ4n) is 2.91. The first-order chi connectivity index (χ1) is 13.2. The van der Waals surface area contributed by atoms with Gasteiger partial charge in [0.25, 0.3) is 0 Å². The Morgan fingerprint density at radius 2 is 1.74 bits per heavy atom. The minimum Gasteiger partial charge on any atom is -0.454 e. The van der Waals surface area contributed by atoms with Gasteiger partial charge in [0.1, 0.15) is 5.75 Å². The summed E-state index contributed by atoms with van der Waals surface area (Å²) in [7, 11) is 0. The van der Waals surface area contributed by atoms with Crippen molar-refractivity contribution in [1.29, 1.82) is 5.26 Å². The highest BCUT2D eigenvalue weighted by atomic mass is 35.5. The average molecular weight is 380 g/mol. The van der Waals surface area contributed by atoms with Crippen LogP contribution in [-0.4, -0.2) is 0 Å². The van der Waals surface area contributed by atoms with Crippen molar-refractivity contribution in [3.05, 3.63) is 94.8 Å². The average Bonchev–Trinajstić information content (AvgIpc) is 2.69. The highest BCUT2D eigenvalue weighted by Crippen LogP contribution is 2.27. The summed E-state index contributed by atoms with van der Waals surface area (Å²) in [6, 6.07) is 23.8. The van der Waals surface area contributed by atoms with E-state index in [0.717, 1.165) is 30.4 Å². The van der Waals surface area contributed by atoms with Gasteiger partial charge in [-0.1, -0.05) is 48.0 Å². The molecule has 0 fully saturated rings. The van der Waals surface area contributed by atoms with E-state index >= 15 is 0 Å². The molecule has 0 heterocycles. The molecule has 0 spiro atoms. The highest BCUT2D eigenvalue weighted by Gasteiger charge is 2.11. The molecule has 2 nitrogen and oxygen atoms in total. The molecule has 0 aliphatic rings. The Kier molecular flexibility index (Phi) is 6.46. The van der Waals surface area contributed by atoms with Gasteiger partial charge in [0.15, 0.2) is 11.6 Å². The molecule has 1 unspecified atom stereocenters. The third-order valence-corrected chi connectivity index (χ3v) is 4.61. The lowest BCUT2D eigenvalue weighted by Gasteiger charge is -2.11. The van der Waals surface area contributed by atoms with E-state index in [0.29, 0.717) is 10.8 Å². The van der Waals surface area contributed by atoms with Crippen molar-refractivity contribution in [1.82, 2.24) is 0 Å². The molecule has 3 rings (SSSR count). The van der Waals surface area contributed by atoms with Crippen LogP contribution in [0.2, 0.25) is 5.02 Å². The Morgan fingerprint density at radius 3 is 2.44 bits per heavy atom. The van der Waals surface area contributed by atoms with E-state index in [1.54, 1.807) is 36.4 Å². The van der Waals surface area contributed by atoms with Gasteiger partial charge in [-0.05, 0) is 66.8 Å². The first kappa shape index (κ1) is 18.9. The Morgan fingerprint density at radius 1 is 1.00 bits per heavy atom. The lowest BCUT2D eigenvalue weighted by atomic mass is 9.94. The Bertz CT molecular complexity index is 919. The summed E-state index contributed by atoms with van der Waals surface area (Å²) in [5.41, 5.74) is 1.95. The fourth-order valence-corrected chi connectivity index (χ4v) is 3.03. The lowest BCUT2D eigenvalue weighted by Crippen LogP contribution is -1.98. The number of rotatable bonds is 7. The predicted molar refractivity (Wildman–Crippen MR) is 106 cm³/mol. The first-order valence-corrected chi connectivity index (χ1v) is 9.20. The maximum absolute atomic E-state index is 14.0. The van der Waals surface area contributed by atoms with Gasteiger partial charge >= 0.3 is 0 Å². The van der Waals surface area contributed by atoms with E-state index in [-0.39, 0.29) is 11.7 Å².